The van der Waals surface area contributed by atoms with Crippen molar-refractivity contribution in [3.8, 4) is 0 Å². The largest absolute Gasteiger partial charge is 0.478 e. The smallest absolute Gasteiger partial charge is 0.342 e. The molecule has 2 rings (SSSR count). The molecule has 0 aliphatic heterocycles. The fourth-order valence-corrected chi connectivity index (χ4v) is 1.84. The molecule has 0 fully saturated rings. The summed E-state index contributed by atoms with van der Waals surface area (Å²) in [6, 6.07) is 2.64. The molecular weight excluding hydrogens is 260 g/mol. The maximum absolute atomic E-state index is 11.4. The van der Waals surface area contributed by atoms with Crippen LogP contribution in [0.15, 0.2) is 38.0 Å². The van der Waals surface area contributed by atoms with Crippen LogP contribution >= 0.6 is 11.8 Å². The third kappa shape index (κ3) is 2.63. The number of rotatable bonds is 3. The zero-order valence-electron chi connectivity index (χ0n) is 8.71. The van der Waals surface area contributed by atoms with Gasteiger partial charge in [0.25, 0.3) is 5.56 Å². The van der Waals surface area contributed by atoms with E-state index >= 15 is 0 Å². The van der Waals surface area contributed by atoms with E-state index in [0.717, 1.165) is 11.8 Å². The van der Waals surface area contributed by atoms with Crippen molar-refractivity contribution in [3.63, 3.8) is 0 Å². The summed E-state index contributed by atoms with van der Waals surface area (Å²) in [4.78, 5) is 38.8. The highest BCUT2D eigenvalue weighted by Crippen LogP contribution is 2.20. The van der Waals surface area contributed by atoms with Gasteiger partial charge in [-0.25, -0.2) is 19.7 Å². The van der Waals surface area contributed by atoms with E-state index < -0.39 is 17.2 Å². The molecule has 0 saturated heterocycles. The Morgan fingerprint density at radius 3 is 2.83 bits per heavy atom. The number of aromatic amines is 2. The van der Waals surface area contributed by atoms with E-state index in [2.05, 4.69) is 15.2 Å². The van der Waals surface area contributed by atoms with Crippen LogP contribution in [-0.2, 0) is 0 Å². The van der Waals surface area contributed by atoms with Gasteiger partial charge < -0.3 is 5.11 Å². The average Bonchev–Trinajstić information content (AvgIpc) is 2.33. The zero-order chi connectivity index (χ0) is 13.1. The van der Waals surface area contributed by atoms with Crippen molar-refractivity contribution in [2.75, 3.05) is 0 Å². The Morgan fingerprint density at radius 1 is 1.39 bits per heavy atom. The van der Waals surface area contributed by atoms with E-state index in [1.165, 1.54) is 18.3 Å². The molecule has 0 amide bonds. The Kier molecular flexibility index (Phi) is 3.24. The summed E-state index contributed by atoms with van der Waals surface area (Å²) in [6.45, 7) is 0. The minimum absolute atomic E-state index is 0.0235. The number of hydrogen-bond donors (Lipinski definition) is 3. The third-order valence-corrected chi connectivity index (χ3v) is 2.77. The van der Waals surface area contributed by atoms with Gasteiger partial charge in [0.1, 0.15) is 5.03 Å². The molecule has 0 saturated carbocycles. The number of carboxylic acids is 1. The number of aromatic nitrogens is 4. The standard InChI is InChI=1S/C9H6N4O4S/c14-6-7(12-13-9(17)11-6)18-5-3-4(8(15)16)1-2-10-5/h1-3H,(H,15,16)(H2,11,13,14,17). The van der Waals surface area contributed by atoms with Crippen LogP contribution in [0.2, 0.25) is 0 Å². The predicted molar refractivity (Wildman–Crippen MR) is 60.8 cm³/mol. The summed E-state index contributed by atoms with van der Waals surface area (Å²) in [7, 11) is 0. The second-order valence-electron chi connectivity index (χ2n) is 3.10. The van der Waals surface area contributed by atoms with Gasteiger partial charge in [0.15, 0.2) is 5.03 Å². The Labute approximate surface area is 103 Å². The third-order valence-electron chi connectivity index (χ3n) is 1.86. The summed E-state index contributed by atoms with van der Waals surface area (Å²) in [6.07, 6.45) is 1.31. The molecule has 0 aromatic carbocycles. The van der Waals surface area contributed by atoms with Crippen LogP contribution in [-0.4, -0.2) is 31.2 Å². The van der Waals surface area contributed by atoms with Gasteiger partial charge in [-0.15, -0.1) is 0 Å². The average molecular weight is 266 g/mol. The van der Waals surface area contributed by atoms with Gasteiger partial charge in [0, 0.05) is 6.20 Å². The highest BCUT2D eigenvalue weighted by molar-refractivity contribution is 7.99. The summed E-state index contributed by atoms with van der Waals surface area (Å²) in [5.41, 5.74) is -1.32. The number of nitrogens with one attached hydrogen (secondary N) is 2. The first-order valence-electron chi connectivity index (χ1n) is 4.62. The molecule has 8 nitrogen and oxygen atoms in total. The highest BCUT2D eigenvalue weighted by Gasteiger charge is 2.09. The lowest BCUT2D eigenvalue weighted by molar-refractivity contribution is 0.0696. The molecule has 2 aromatic rings. The number of aromatic carboxylic acids is 1. The SMILES string of the molecule is O=C(O)c1ccnc(Sc2n[nH]c(=O)[nH]c2=O)c1. The Bertz CT molecular complexity index is 708. The van der Waals surface area contributed by atoms with Crippen LogP contribution in [0.1, 0.15) is 10.4 Å². The summed E-state index contributed by atoms with van der Waals surface area (Å²) in [5, 5.41) is 14.7. The minimum atomic E-state index is -1.09. The normalized spacial score (nSPS) is 10.2. The van der Waals surface area contributed by atoms with Crippen molar-refractivity contribution in [2.24, 2.45) is 0 Å². The summed E-state index contributed by atoms with van der Waals surface area (Å²) >= 11 is 0.855. The van der Waals surface area contributed by atoms with E-state index in [1.54, 1.807) is 0 Å². The molecule has 0 spiro atoms. The Morgan fingerprint density at radius 2 is 2.17 bits per heavy atom. The van der Waals surface area contributed by atoms with E-state index in [4.69, 9.17) is 5.11 Å². The molecular formula is C9H6N4O4S. The van der Waals surface area contributed by atoms with Gasteiger partial charge in [-0.1, -0.05) is 0 Å². The second kappa shape index (κ2) is 4.84. The molecule has 0 unspecified atom stereocenters. The van der Waals surface area contributed by atoms with Crippen molar-refractivity contribution < 1.29 is 9.90 Å². The Balaban J connectivity index is 2.34. The second-order valence-corrected chi connectivity index (χ2v) is 4.11. The first kappa shape index (κ1) is 12.0. The lowest BCUT2D eigenvalue weighted by Crippen LogP contribution is -2.24. The van der Waals surface area contributed by atoms with Gasteiger partial charge in [-0.2, -0.15) is 5.10 Å². The predicted octanol–water partition coefficient (Wildman–Crippen LogP) is -0.297. The lowest BCUT2D eigenvalue weighted by Gasteiger charge is -1.99. The fraction of sp³-hybridized carbons (Fsp3) is 0. The molecule has 92 valence electrons. The van der Waals surface area contributed by atoms with E-state index in [9.17, 15) is 14.4 Å². The molecule has 0 aliphatic carbocycles. The van der Waals surface area contributed by atoms with Gasteiger partial charge in [0.05, 0.1) is 5.56 Å². The zero-order valence-corrected chi connectivity index (χ0v) is 9.52. The number of pyridine rings is 1. The van der Waals surface area contributed by atoms with Crippen LogP contribution in [0.5, 0.6) is 0 Å². The Hall–Kier alpha value is -2.42. The van der Waals surface area contributed by atoms with Crippen molar-refractivity contribution in [1.29, 1.82) is 0 Å². The van der Waals surface area contributed by atoms with Gasteiger partial charge >= 0.3 is 11.7 Å². The van der Waals surface area contributed by atoms with E-state index in [-0.39, 0.29) is 10.6 Å². The van der Waals surface area contributed by atoms with Gasteiger partial charge in [-0.3, -0.25) is 9.78 Å². The van der Waals surface area contributed by atoms with Crippen LogP contribution < -0.4 is 11.2 Å². The quantitative estimate of drug-likeness (QED) is 0.695. The topological polar surface area (TPSA) is 129 Å². The van der Waals surface area contributed by atoms with Crippen molar-refractivity contribution in [2.45, 2.75) is 10.1 Å². The van der Waals surface area contributed by atoms with E-state index in [0.29, 0.717) is 5.03 Å². The van der Waals surface area contributed by atoms with Crippen LogP contribution in [0, 0.1) is 0 Å². The molecule has 0 aliphatic rings. The minimum Gasteiger partial charge on any atom is -0.478 e. The number of H-pyrrole nitrogens is 2. The number of hydrogen-bond acceptors (Lipinski definition) is 6. The fourth-order valence-electron chi connectivity index (χ4n) is 1.10. The van der Waals surface area contributed by atoms with Crippen LogP contribution in [0.3, 0.4) is 0 Å². The number of carbonyl (C=O) groups is 1. The monoisotopic (exact) mass is 266 g/mol. The molecule has 3 N–H and O–H groups in total. The maximum atomic E-state index is 11.4. The van der Waals surface area contributed by atoms with Crippen molar-refractivity contribution in [1.82, 2.24) is 20.2 Å². The van der Waals surface area contributed by atoms with Gasteiger partial charge in [-0.05, 0) is 23.9 Å². The number of nitrogens with zero attached hydrogens (tertiary/aromatic N) is 2. The molecule has 0 radical (unpaired) electrons. The van der Waals surface area contributed by atoms with Crippen molar-refractivity contribution >= 4 is 17.7 Å². The molecule has 9 heteroatoms. The molecule has 2 heterocycles. The highest BCUT2D eigenvalue weighted by atomic mass is 32.2. The molecule has 18 heavy (non-hydrogen) atoms. The first-order valence-corrected chi connectivity index (χ1v) is 5.44. The molecule has 0 atom stereocenters. The van der Waals surface area contributed by atoms with Gasteiger partial charge in [0.2, 0.25) is 0 Å². The van der Waals surface area contributed by atoms with Crippen molar-refractivity contribution in [3.05, 3.63) is 44.7 Å². The molecule has 0 bridgehead atoms. The van der Waals surface area contributed by atoms with Crippen LogP contribution in [0.4, 0.5) is 0 Å². The summed E-state index contributed by atoms with van der Waals surface area (Å²) < 4.78 is 0. The maximum Gasteiger partial charge on any atom is 0.342 e. The summed E-state index contributed by atoms with van der Waals surface area (Å²) in [5.74, 6) is -1.09. The lowest BCUT2D eigenvalue weighted by atomic mass is 10.3. The number of carboxylic acid groups (broad SMARTS) is 1. The van der Waals surface area contributed by atoms with E-state index in [1.807, 2.05) is 4.98 Å². The molecule has 2 aromatic heterocycles. The van der Waals surface area contributed by atoms with Crippen LogP contribution in [0.25, 0.3) is 0 Å². The first-order chi connectivity index (χ1) is 8.56.